The normalized spacial score (nSPS) is 29.6. The summed E-state index contributed by atoms with van der Waals surface area (Å²) in [5, 5.41) is 3.43. The summed E-state index contributed by atoms with van der Waals surface area (Å²) in [4.78, 5) is 2.55. The van der Waals surface area contributed by atoms with E-state index >= 15 is 0 Å². The van der Waals surface area contributed by atoms with Gasteiger partial charge in [-0.15, -0.1) is 23.2 Å². The lowest BCUT2D eigenvalue weighted by atomic mass is 10.3. The minimum Gasteiger partial charge on any atom is -0.316 e. The van der Waals surface area contributed by atoms with Crippen molar-refractivity contribution in [1.29, 1.82) is 0 Å². The van der Waals surface area contributed by atoms with Gasteiger partial charge in [-0.05, 0) is 51.9 Å². The number of halogens is 2. The van der Waals surface area contributed by atoms with Gasteiger partial charge in [0.2, 0.25) is 0 Å². The number of hydrogen-bond donors (Lipinski definition) is 1. The van der Waals surface area contributed by atoms with E-state index < -0.39 is 4.33 Å². The van der Waals surface area contributed by atoms with Crippen LogP contribution in [0.2, 0.25) is 0 Å². The molecule has 1 unspecified atom stereocenters. The molecule has 4 heteroatoms. The molecule has 2 fully saturated rings. The van der Waals surface area contributed by atoms with E-state index in [-0.39, 0.29) is 0 Å². The summed E-state index contributed by atoms with van der Waals surface area (Å²) in [7, 11) is 0. The zero-order valence-corrected chi connectivity index (χ0v) is 10.7. The van der Waals surface area contributed by atoms with Crippen LogP contribution < -0.4 is 5.32 Å². The zero-order valence-electron chi connectivity index (χ0n) is 9.14. The molecule has 1 aliphatic carbocycles. The van der Waals surface area contributed by atoms with Gasteiger partial charge in [0.1, 0.15) is 4.33 Å². The Bertz CT molecular complexity index is 196. The first kappa shape index (κ1) is 12.0. The Labute approximate surface area is 102 Å². The molecule has 1 atom stereocenters. The highest BCUT2D eigenvalue weighted by atomic mass is 35.5. The van der Waals surface area contributed by atoms with Crippen LogP contribution in [0.25, 0.3) is 0 Å². The van der Waals surface area contributed by atoms with Crippen molar-refractivity contribution in [3.05, 3.63) is 0 Å². The number of nitrogens with zero attached hydrogens (tertiary/aromatic N) is 1. The highest BCUT2D eigenvalue weighted by molar-refractivity contribution is 6.50. The maximum absolute atomic E-state index is 5.94. The van der Waals surface area contributed by atoms with Gasteiger partial charge in [0.25, 0.3) is 0 Å². The molecule has 0 aromatic carbocycles. The first-order valence-corrected chi connectivity index (χ1v) is 6.75. The van der Waals surface area contributed by atoms with Crippen LogP contribution in [0.3, 0.4) is 0 Å². The molecule has 2 aliphatic rings. The van der Waals surface area contributed by atoms with Crippen LogP contribution in [0.4, 0.5) is 0 Å². The van der Waals surface area contributed by atoms with Gasteiger partial charge in [-0.1, -0.05) is 0 Å². The van der Waals surface area contributed by atoms with Crippen molar-refractivity contribution in [1.82, 2.24) is 10.2 Å². The Kier molecular flexibility index (Phi) is 4.17. The zero-order chi connectivity index (χ0) is 10.7. The molecule has 88 valence electrons. The van der Waals surface area contributed by atoms with Gasteiger partial charge >= 0.3 is 0 Å². The van der Waals surface area contributed by atoms with Gasteiger partial charge in [-0.25, -0.2) is 0 Å². The number of nitrogens with one attached hydrogen (secondary N) is 1. The summed E-state index contributed by atoms with van der Waals surface area (Å²) in [6.45, 7) is 5.92. The molecule has 2 rings (SSSR count). The Morgan fingerprint density at radius 3 is 2.53 bits per heavy atom. The van der Waals surface area contributed by atoms with Gasteiger partial charge in [0.05, 0.1) is 0 Å². The van der Waals surface area contributed by atoms with Crippen LogP contribution in [-0.4, -0.2) is 42.0 Å². The van der Waals surface area contributed by atoms with E-state index in [1.165, 1.54) is 38.9 Å². The molecule has 0 aromatic rings. The highest BCUT2D eigenvalue weighted by Crippen LogP contribution is 2.52. The standard InChI is InChI=1S/C11H20Cl2N2/c12-11(13)8-10(11)9-14-4-3-7-15-5-1-2-6-15/h10,14H,1-9H2. The van der Waals surface area contributed by atoms with Gasteiger partial charge in [0, 0.05) is 12.5 Å². The molecule has 0 aromatic heterocycles. The van der Waals surface area contributed by atoms with Gasteiger partial charge in [0.15, 0.2) is 0 Å². The molecule has 15 heavy (non-hydrogen) atoms. The van der Waals surface area contributed by atoms with E-state index in [0.717, 1.165) is 19.5 Å². The van der Waals surface area contributed by atoms with E-state index in [9.17, 15) is 0 Å². The Morgan fingerprint density at radius 2 is 1.93 bits per heavy atom. The van der Waals surface area contributed by atoms with Gasteiger partial charge < -0.3 is 10.2 Å². The monoisotopic (exact) mass is 250 g/mol. The van der Waals surface area contributed by atoms with E-state index in [1.807, 2.05) is 0 Å². The average Bonchev–Trinajstić information content (AvgIpc) is 2.66. The van der Waals surface area contributed by atoms with Crippen LogP contribution in [0.1, 0.15) is 25.7 Å². The van der Waals surface area contributed by atoms with E-state index in [1.54, 1.807) is 0 Å². The molecule has 1 heterocycles. The molecule has 1 N–H and O–H groups in total. The number of alkyl halides is 2. The summed E-state index contributed by atoms with van der Waals surface area (Å²) < 4.78 is -0.415. The Hall–Kier alpha value is 0.500. The van der Waals surface area contributed by atoms with Crippen molar-refractivity contribution < 1.29 is 0 Å². The quantitative estimate of drug-likeness (QED) is 0.575. The van der Waals surface area contributed by atoms with E-state index in [2.05, 4.69) is 10.2 Å². The predicted octanol–water partition coefficient (Wildman–Crippen LogP) is 2.26. The van der Waals surface area contributed by atoms with Crippen LogP contribution in [0.15, 0.2) is 0 Å². The van der Waals surface area contributed by atoms with Crippen molar-refractivity contribution in [3.63, 3.8) is 0 Å². The van der Waals surface area contributed by atoms with Crippen LogP contribution in [-0.2, 0) is 0 Å². The molecule has 1 saturated carbocycles. The fourth-order valence-electron chi connectivity index (χ4n) is 2.20. The third kappa shape index (κ3) is 3.77. The lowest BCUT2D eigenvalue weighted by Gasteiger charge is -2.14. The Balaban J connectivity index is 1.42. The maximum atomic E-state index is 5.94. The molecule has 0 amide bonds. The average molecular weight is 251 g/mol. The molecular weight excluding hydrogens is 231 g/mol. The van der Waals surface area contributed by atoms with Gasteiger partial charge in [-0.3, -0.25) is 0 Å². The molecular formula is C11H20Cl2N2. The highest BCUT2D eigenvalue weighted by Gasteiger charge is 2.50. The first-order valence-electron chi connectivity index (χ1n) is 5.99. The third-order valence-electron chi connectivity index (χ3n) is 3.37. The van der Waals surface area contributed by atoms with Crippen LogP contribution in [0, 0.1) is 5.92 Å². The topological polar surface area (TPSA) is 15.3 Å². The second-order valence-corrected chi connectivity index (χ2v) is 6.31. The lowest BCUT2D eigenvalue weighted by Crippen LogP contribution is -2.26. The smallest absolute Gasteiger partial charge is 0.122 e. The second kappa shape index (κ2) is 5.22. The van der Waals surface area contributed by atoms with Crippen LogP contribution >= 0.6 is 23.2 Å². The fraction of sp³-hybridized carbons (Fsp3) is 1.00. The predicted molar refractivity (Wildman–Crippen MR) is 65.7 cm³/mol. The molecule has 0 bridgehead atoms. The summed E-state index contributed by atoms with van der Waals surface area (Å²) >= 11 is 11.9. The van der Waals surface area contributed by atoms with Crippen LogP contribution in [0.5, 0.6) is 0 Å². The molecule has 1 saturated heterocycles. The molecule has 0 radical (unpaired) electrons. The number of likely N-dealkylation sites (tertiary alicyclic amines) is 1. The van der Waals surface area contributed by atoms with Crippen molar-refractivity contribution in [3.8, 4) is 0 Å². The summed E-state index contributed by atoms with van der Waals surface area (Å²) in [5.74, 6) is 0.479. The number of rotatable bonds is 6. The Morgan fingerprint density at radius 1 is 1.27 bits per heavy atom. The largest absolute Gasteiger partial charge is 0.316 e. The van der Waals surface area contributed by atoms with Crippen molar-refractivity contribution >= 4 is 23.2 Å². The molecule has 2 nitrogen and oxygen atoms in total. The lowest BCUT2D eigenvalue weighted by molar-refractivity contribution is 0.331. The minimum atomic E-state index is -0.415. The van der Waals surface area contributed by atoms with Crippen molar-refractivity contribution in [2.75, 3.05) is 32.7 Å². The molecule has 1 aliphatic heterocycles. The van der Waals surface area contributed by atoms with Gasteiger partial charge in [-0.2, -0.15) is 0 Å². The molecule has 0 spiro atoms. The van der Waals surface area contributed by atoms with Crippen molar-refractivity contribution in [2.24, 2.45) is 5.92 Å². The van der Waals surface area contributed by atoms with E-state index in [4.69, 9.17) is 23.2 Å². The summed E-state index contributed by atoms with van der Waals surface area (Å²) in [6.07, 6.45) is 4.96. The minimum absolute atomic E-state index is 0.415. The maximum Gasteiger partial charge on any atom is 0.122 e. The summed E-state index contributed by atoms with van der Waals surface area (Å²) in [5.41, 5.74) is 0. The summed E-state index contributed by atoms with van der Waals surface area (Å²) in [6, 6.07) is 0. The third-order valence-corrected chi connectivity index (χ3v) is 4.30. The fourth-order valence-corrected chi connectivity index (χ4v) is 2.73. The van der Waals surface area contributed by atoms with Crippen molar-refractivity contribution in [2.45, 2.75) is 30.0 Å². The second-order valence-electron chi connectivity index (χ2n) is 4.77. The first-order chi connectivity index (χ1) is 7.18. The SMILES string of the molecule is ClC1(Cl)CC1CNCCCN1CCCC1. The number of hydrogen-bond acceptors (Lipinski definition) is 2. The van der Waals surface area contributed by atoms with E-state index in [0.29, 0.717) is 5.92 Å².